The first-order valence-electron chi connectivity index (χ1n) is 10.2. The van der Waals surface area contributed by atoms with Crippen molar-refractivity contribution in [3.8, 4) is 22.8 Å². The molecular weight excluding hydrogens is 390 g/mol. The number of methoxy groups -OCH3 is 1. The van der Waals surface area contributed by atoms with Gasteiger partial charge in [-0.3, -0.25) is 4.79 Å². The van der Waals surface area contributed by atoms with E-state index in [0.717, 1.165) is 34.8 Å². The minimum absolute atomic E-state index is 0.0504. The number of nitrogens with zero attached hydrogens (tertiary/aromatic N) is 2. The number of ether oxygens (including phenoxy) is 2. The number of amides is 1. The van der Waals surface area contributed by atoms with Gasteiger partial charge in [-0.2, -0.15) is 0 Å². The zero-order chi connectivity index (χ0) is 21.8. The molecule has 0 bridgehead atoms. The van der Waals surface area contributed by atoms with Crippen LogP contribution in [0.2, 0.25) is 0 Å². The second kappa shape index (κ2) is 8.92. The van der Waals surface area contributed by atoms with Crippen molar-refractivity contribution >= 4 is 17.2 Å². The maximum Gasteiger partial charge on any atom is 0.262 e. The van der Waals surface area contributed by atoms with Gasteiger partial charge in [0.25, 0.3) is 5.91 Å². The van der Waals surface area contributed by atoms with E-state index in [-0.39, 0.29) is 12.5 Å². The molecule has 158 valence electrons. The topological polar surface area (TPSA) is 64.9 Å². The lowest BCUT2D eigenvalue weighted by Crippen LogP contribution is -2.20. The molecule has 0 saturated heterocycles. The van der Waals surface area contributed by atoms with Gasteiger partial charge in [-0.05, 0) is 67.4 Å². The highest BCUT2D eigenvalue weighted by Gasteiger charge is 2.12. The normalized spacial score (nSPS) is 10.8. The van der Waals surface area contributed by atoms with Gasteiger partial charge < -0.3 is 19.2 Å². The van der Waals surface area contributed by atoms with Crippen molar-refractivity contribution in [3.05, 3.63) is 78.1 Å². The van der Waals surface area contributed by atoms with Gasteiger partial charge in [0.1, 0.15) is 17.1 Å². The van der Waals surface area contributed by atoms with Crippen molar-refractivity contribution in [2.45, 2.75) is 20.3 Å². The van der Waals surface area contributed by atoms with E-state index < -0.39 is 0 Å². The lowest BCUT2D eigenvalue weighted by molar-refractivity contribution is -0.118. The van der Waals surface area contributed by atoms with Crippen LogP contribution in [0.25, 0.3) is 16.9 Å². The van der Waals surface area contributed by atoms with Crippen molar-refractivity contribution in [1.82, 2.24) is 9.38 Å². The van der Waals surface area contributed by atoms with Crippen LogP contribution in [-0.4, -0.2) is 29.0 Å². The van der Waals surface area contributed by atoms with E-state index >= 15 is 0 Å². The van der Waals surface area contributed by atoms with Crippen LogP contribution in [0.15, 0.2) is 66.9 Å². The maximum absolute atomic E-state index is 12.4. The summed E-state index contributed by atoms with van der Waals surface area (Å²) in [5.74, 6) is 1.28. The molecule has 0 atom stereocenters. The molecule has 0 fully saturated rings. The van der Waals surface area contributed by atoms with Crippen molar-refractivity contribution in [1.29, 1.82) is 0 Å². The van der Waals surface area contributed by atoms with Gasteiger partial charge in [-0.15, -0.1) is 0 Å². The predicted molar refractivity (Wildman–Crippen MR) is 122 cm³/mol. The van der Waals surface area contributed by atoms with E-state index in [2.05, 4.69) is 12.2 Å². The lowest BCUT2D eigenvalue weighted by atomic mass is 10.1. The van der Waals surface area contributed by atoms with E-state index in [1.54, 1.807) is 7.11 Å². The molecule has 2 heterocycles. The molecule has 0 unspecified atom stereocenters. The van der Waals surface area contributed by atoms with Crippen LogP contribution in [0.3, 0.4) is 0 Å². The first kappa shape index (κ1) is 20.5. The Morgan fingerprint density at radius 2 is 1.87 bits per heavy atom. The summed E-state index contributed by atoms with van der Waals surface area (Å²) in [6.45, 7) is 4.04. The number of aryl methyl sites for hydroxylation is 2. The molecule has 4 rings (SSSR count). The van der Waals surface area contributed by atoms with E-state index in [1.165, 1.54) is 5.56 Å². The molecule has 2 aromatic heterocycles. The summed E-state index contributed by atoms with van der Waals surface area (Å²) in [6, 6.07) is 19.3. The van der Waals surface area contributed by atoms with Crippen molar-refractivity contribution in [3.63, 3.8) is 0 Å². The van der Waals surface area contributed by atoms with Crippen LogP contribution in [0.1, 0.15) is 18.2 Å². The quantitative estimate of drug-likeness (QED) is 0.466. The highest BCUT2D eigenvalue weighted by molar-refractivity contribution is 5.92. The number of hydrogen-bond donors (Lipinski definition) is 1. The summed E-state index contributed by atoms with van der Waals surface area (Å²) in [6.07, 6.45) is 2.80. The third-order valence-corrected chi connectivity index (χ3v) is 5.18. The number of anilines is 1. The highest BCUT2D eigenvalue weighted by atomic mass is 16.5. The molecule has 0 aliphatic rings. The first-order chi connectivity index (χ1) is 15.1. The number of pyridine rings is 1. The van der Waals surface area contributed by atoms with Crippen LogP contribution in [0.4, 0.5) is 5.69 Å². The Kier molecular flexibility index (Phi) is 5.89. The number of carbonyl (C=O) groups is 1. The Hall–Kier alpha value is -3.80. The summed E-state index contributed by atoms with van der Waals surface area (Å²) in [4.78, 5) is 17.1. The minimum Gasteiger partial charge on any atom is -0.497 e. The number of carbonyl (C=O) groups excluding carboxylic acids is 1. The Balaban J connectivity index is 1.48. The van der Waals surface area contributed by atoms with Gasteiger partial charge >= 0.3 is 0 Å². The number of rotatable bonds is 7. The summed E-state index contributed by atoms with van der Waals surface area (Å²) in [5.41, 5.74) is 5.57. The van der Waals surface area contributed by atoms with Crippen LogP contribution in [0.5, 0.6) is 11.5 Å². The monoisotopic (exact) mass is 415 g/mol. The molecular formula is C25H25N3O3. The highest BCUT2D eigenvalue weighted by Crippen LogP contribution is 2.26. The fraction of sp³-hybridized carbons (Fsp3) is 0.200. The zero-order valence-corrected chi connectivity index (χ0v) is 17.9. The Morgan fingerprint density at radius 1 is 1.06 bits per heavy atom. The van der Waals surface area contributed by atoms with Crippen molar-refractivity contribution < 1.29 is 14.3 Å². The summed E-state index contributed by atoms with van der Waals surface area (Å²) < 4.78 is 12.8. The van der Waals surface area contributed by atoms with Crippen LogP contribution >= 0.6 is 0 Å². The molecule has 4 aromatic rings. The fourth-order valence-electron chi connectivity index (χ4n) is 3.46. The van der Waals surface area contributed by atoms with Crippen LogP contribution in [0, 0.1) is 6.92 Å². The molecule has 0 radical (unpaired) electrons. The van der Waals surface area contributed by atoms with Crippen LogP contribution < -0.4 is 14.8 Å². The van der Waals surface area contributed by atoms with Crippen molar-refractivity contribution in [2.75, 3.05) is 19.0 Å². The number of imidazole rings is 1. The van der Waals surface area contributed by atoms with Gasteiger partial charge in [0.15, 0.2) is 6.61 Å². The van der Waals surface area contributed by atoms with Gasteiger partial charge in [0.05, 0.1) is 18.5 Å². The predicted octanol–water partition coefficient (Wildman–Crippen LogP) is 4.90. The molecule has 1 amide bonds. The largest absolute Gasteiger partial charge is 0.497 e. The number of aromatic nitrogens is 2. The van der Waals surface area contributed by atoms with Crippen LogP contribution in [-0.2, 0) is 11.2 Å². The standard InChI is InChI=1S/C25H25N3O3/c1-4-18-6-5-7-22(14-18)31-16-24(29)26-20-10-13-23-27-25(17(2)28(23)15-20)19-8-11-21(30-3)12-9-19/h5-15H,4,16H2,1-3H3,(H,26,29). The van der Waals surface area contributed by atoms with Gasteiger partial charge in [0, 0.05) is 17.5 Å². The third kappa shape index (κ3) is 4.53. The summed E-state index contributed by atoms with van der Waals surface area (Å²) in [7, 11) is 1.65. The third-order valence-electron chi connectivity index (χ3n) is 5.18. The summed E-state index contributed by atoms with van der Waals surface area (Å²) >= 11 is 0. The molecule has 0 saturated carbocycles. The number of nitrogens with one attached hydrogen (secondary N) is 1. The molecule has 0 aliphatic heterocycles. The second-order valence-electron chi connectivity index (χ2n) is 7.26. The second-order valence-corrected chi connectivity index (χ2v) is 7.26. The number of fused-ring (bicyclic) bond motifs is 1. The fourth-order valence-corrected chi connectivity index (χ4v) is 3.46. The maximum atomic E-state index is 12.4. The van der Waals surface area contributed by atoms with Crippen molar-refractivity contribution in [2.24, 2.45) is 0 Å². The Bertz CT molecular complexity index is 1210. The lowest BCUT2D eigenvalue weighted by Gasteiger charge is -2.09. The van der Waals surface area contributed by atoms with Gasteiger partial charge in [-0.25, -0.2) is 4.98 Å². The summed E-state index contributed by atoms with van der Waals surface area (Å²) in [5, 5.41) is 2.90. The van der Waals surface area contributed by atoms with E-state index in [4.69, 9.17) is 14.5 Å². The van der Waals surface area contributed by atoms with Gasteiger partial charge in [-0.1, -0.05) is 19.1 Å². The molecule has 0 aliphatic carbocycles. The molecule has 2 aromatic carbocycles. The van der Waals surface area contributed by atoms with Gasteiger partial charge in [0.2, 0.25) is 0 Å². The van der Waals surface area contributed by atoms with E-state index in [1.807, 2.05) is 78.2 Å². The molecule has 0 spiro atoms. The Labute approximate surface area is 181 Å². The smallest absolute Gasteiger partial charge is 0.262 e. The zero-order valence-electron chi connectivity index (χ0n) is 17.9. The van der Waals surface area contributed by atoms with E-state index in [0.29, 0.717) is 11.4 Å². The molecule has 6 nitrogen and oxygen atoms in total. The molecule has 31 heavy (non-hydrogen) atoms. The first-order valence-corrected chi connectivity index (χ1v) is 10.2. The molecule has 6 heteroatoms. The SMILES string of the molecule is CCc1cccc(OCC(=O)Nc2ccc3nc(-c4ccc(OC)cc4)c(C)n3c2)c1. The van der Waals surface area contributed by atoms with E-state index in [9.17, 15) is 4.79 Å². The average Bonchev–Trinajstić information content (AvgIpc) is 3.14. The molecule has 1 N–H and O–H groups in total. The minimum atomic E-state index is -0.214. The number of benzene rings is 2. The average molecular weight is 415 g/mol. The Morgan fingerprint density at radius 3 is 2.61 bits per heavy atom. The number of hydrogen-bond acceptors (Lipinski definition) is 4.